The molecule has 150 valence electrons. The van der Waals surface area contributed by atoms with Gasteiger partial charge in [-0.25, -0.2) is 8.42 Å². The summed E-state index contributed by atoms with van der Waals surface area (Å²) in [7, 11) is -3.85. The largest absolute Gasteiger partial charge is 0.325 e. The van der Waals surface area contributed by atoms with Crippen molar-refractivity contribution in [1.29, 1.82) is 0 Å². The zero-order valence-corrected chi connectivity index (χ0v) is 17.9. The van der Waals surface area contributed by atoms with Crippen molar-refractivity contribution in [2.24, 2.45) is 0 Å². The van der Waals surface area contributed by atoms with E-state index in [1.165, 1.54) is 23.9 Å². The summed E-state index contributed by atoms with van der Waals surface area (Å²) in [5, 5.41) is 2.72. The lowest BCUT2D eigenvalue weighted by Crippen LogP contribution is -2.22. The van der Waals surface area contributed by atoms with Gasteiger partial charge in [-0.2, -0.15) is 0 Å². The molecule has 3 aromatic carbocycles. The molecule has 0 radical (unpaired) electrons. The predicted molar refractivity (Wildman–Crippen MR) is 119 cm³/mol. The van der Waals surface area contributed by atoms with Crippen LogP contribution in [0.2, 0.25) is 5.02 Å². The fraction of sp³-hybridized carbons (Fsp3) is 0.0952. The first-order chi connectivity index (χ1) is 13.8. The lowest BCUT2D eigenvalue weighted by atomic mass is 10.3. The van der Waals surface area contributed by atoms with Gasteiger partial charge in [-0.1, -0.05) is 48.0 Å². The van der Waals surface area contributed by atoms with Gasteiger partial charge in [0.1, 0.15) is 0 Å². The number of nitrogens with one attached hydrogen (secondary N) is 2. The maximum atomic E-state index is 12.7. The van der Waals surface area contributed by atoms with Crippen molar-refractivity contribution in [2.45, 2.75) is 22.0 Å². The lowest BCUT2D eigenvalue weighted by Gasteiger charge is -2.13. The molecule has 0 heterocycles. The molecule has 0 aliphatic heterocycles. The zero-order valence-electron chi connectivity index (χ0n) is 15.5. The average molecular weight is 447 g/mol. The Bertz CT molecular complexity index is 1110. The molecule has 0 saturated heterocycles. The Morgan fingerprint density at radius 1 is 0.966 bits per heavy atom. The van der Waals surface area contributed by atoms with Gasteiger partial charge in [0.2, 0.25) is 5.91 Å². The molecule has 2 N–H and O–H groups in total. The minimum absolute atomic E-state index is 0.0265. The number of hydrogen-bond donors (Lipinski definition) is 2. The summed E-state index contributed by atoms with van der Waals surface area (Å²) in [6, 6.07) is 22.3. The second kappa shape index (κ2) is 9.35. The number of thioether (sulfide) groups is 1. The highest BCUT2D eigenvalue weighted by Crippen LogP contribution is 2.26. The highest BCUT2D eigenvalue weighted by atomic mass is 35.5. The van der Waals surface area contributed by atoms with Crippen molar-refractivity contribution < 1.29 is 13.2 Å². The Morgan fingerprint density at radius 2 is 1.66 bits per heavy atom. The first-order valence-electron chi connectivity index (χ1n) is 8.75. The molecule has 1 unspecified atom stereocenters. The molecule has 0 bridgehead atoms. The van der Waals surface area contributed by atoms with Crippen molar-refractivity contribution in [1.82, 2.24) is 0 Å². The fourth-order valence-corrected chi connectivity index (χ4v) is 4.74. The van der Waals surface area contributed by atoms with Crippen molar-refractivity contribution in [3.8, 4) is 0 Å². The Balaban J connectivity index is 1.72. The molecule has 1 amide bonds. The summed E-state index contributed by atoms with van der Waals surface area (Å²) in [6.07, 6.45) is 0. The van der Waals surface area contributed by atoms with Gasteiger partial charge in [-0.05, 0) is 49.4 Å². The molecule has 8 heteroatoms. The van der Waals surface area contributed by atoms with Crippen molar-refractivity contribution in [3.63, 3.8) is 0 Å². The van der Waals surface area contributed by atoms with E-state index in [9.17, 15) is 13.2 Å². The number of carbonyl (C=O) groups excluding carboxylic acids is 1. The van der Waals surface area contributed by atoms with Gasteiger partial charge < -0.3 is 5.32 Å². The first-order valence-corrected chi connectivity index (χ1v) is 11.5. The first kappa shape index (κ1) is 21.2. The number of para-hydroxylation sites is 1. The smallest absolute Gasteiger partial charge is 0.262 e. The van der Waals surface area contributed by atoms with Crippen LogP contribution in [0.4, 0.5) is 11.4 Å². The van der Waals surface area contributed by atoms with E-state index in [4.69, 9.17) is 11.6 Å². The molecule has 0 spiro atoms. The lowest BCUT2D eigenvalue weighted by molar-refractivity contribution is -0.115. The van der Waals surface area contributed by atoms with E-state index >= 15 is 0 Å². The van der Waals surface area contributed by atoms with Gasteiger partial charge in [-0.3, -0.25) is 9.52 Å². The number of anilines is 2. The molecule has 0 aromatic heterocycles. The topological polar surface area (TPSA) is 75.3 Å². The number of hydrogen-bond acceptors (Lipinski definition) is 4. The normalized spacial score (nSPS) is 12.2. The molecule has 0 aliphatic carbocycles. The van der Waals surface area contributed by atoms with Crippen LogP contribution in [-0.4, -0.2) is 19.6 Å². The van der Waals surface area contributed by atoms with Gasteiger partial charge in [0.05, 0.1) is 20.9 Å². The number of amides is 1. The van der Waals surface area contributed by atoms with Crippen molar-refractivity contribution in [3.05, 3.63) is 83.9 Å². The maximum absolute atomic E-state index is 12.7. The van der Waals surface area contributed by atoms with E-state index < -0.39 is 10.0 Å². The minimum atomic E-state index is -3.85. The molecule has 3 rings (SSSR count). The summed E-state index contributed by atoms with van der Waals surface area (Å²) in [5.41, 5.74) is 0.689. The standard InChI is InChI=1S/C21H19ClN2O3S2/c1-15(28-17-9-3-2-4-10-17)21(25)23-16-8-7-11-18(14-16)29(26,27)24-20-13-6-5-12-19(20)22/h2-15,24H,1H3,(H,23,25). The van der Waals surface area contributed by atoms with Gasteiger partial charge >= 0.3 is 0 Å². The van der Waals surface area contributed by atoms with Gasteiger partial charge in [-0.15, -0.1) is 11.8 Å². The van der Waals surface area contributed by atoms with Gasteiger partial charge in [0, 0.05) is 10.6 Å². The maximum Gasteiger partial charge on any atom is 0.262 e. The van der Waals surface area contributed by atoms with Crippen LogP contribution in [0.25, 0.3) is 0 Å². The average Bonchev–Trinajstić information content (AvgIpc) is 2.70. The Hall–Kier alpha value is -2.48. The second-order valence-corrected chi connectivity index (χ2v) is 9.68. The minimum Gasteiger partial charge on any atom is -0.325 e. The molecular weight excluding hydrogens is 428 g/mol. The highest BCUT2D eigenvalue weighted by molar-refractivity contribution is 8.00. The Labute approximate surface area is 179 Å². The van der Waals surface area contributed by atoms with Crippen molar-refractivity contribution >= 4 is 50.7 Å². The third-order valence-electron chi connectivity index (χ3n) is 3.96. The van der Waals surface area contributed by atoms with Crippen LogP contribution >= 0.6 is 23.4 Å². The number of sulfonamides is 1. The van der Waals surface area contributed by atoms with E-state index in [0.717, 1.165) is 4.90 Å². The Kier molecular flexibility index (Phi) is 6.84. The molecule has 0 aliphatic rings. The number of benzene rings is 3. The molecule has 0 saturated carbocycles. The van der Waals surface area contributed by atoms with E-state index in [2.05, 4.69) is 10.0 Å². The van der Waals surface area contributed by atoms with Crippen LogP contribution in [0.3, 0.4) is 0 Å². The SMILES string of the molecule is CC(Sc1ccccc1)C(=O)Nc1cccc(S(=O)(=O)Nc2ccccc2Cl)c1. The molecule has 5 nitrogen and oxygen atoms in total. The van der Waals surface area contributed by atoms with Crippen LogP contribution in [0.5, 0.6) is 0 Å². The van der Waals surface area contributed by atoms with E-state index in [0.29, 0.717) is 10.7 Å². The Morgan fingerprint density at radius 3 is 2.38 bits per heavy atom. The fourth-order valence-electron chi connectivity index (χ4n) is 2.49. The number of carbonyl (C=O) groups is 1. The summed E-state index contributed by atoms with van der Waals surface area (Å²) in [6.45, 7) is 1.80. The quantitative estimate of drug-likeness (QED) is 0.485. The van der Waals surface area contributed by atoms with E-state index in [-0.39, 0.29) is 21.7 Å². The third kappa shape index (κ3) is 5.76. The zero-order chi connectivity index (χ0) is 20.9. The van der Waals surface area contributed by atoms with Crippen LogP contribution in [-0.2, 0) is 14.8 Å². The summed E-state index contributed by atoms with van der Waals surface area (Å²) in [4.78, 5) is 13.5. The third-order valence-corrected chi connectivity index (χ3v) is 6.76. The van der Waals surface area contributed by atoms with E-state index in [1.54, 1.807) is 43.3 Å². The molecule has 0 fully saturated rings. The molecular formula is C21H19ClN2O3S2. The molecule has 1 atom stereocenters. The summed E-state index contributed by atoms with van der Waals surface area (Å²) < 4.78 is 27.8. The summed E-state index contributed by atoms with van der Waals surface area (Å²) >= 11 is 7.46. The predicted octanol–water partition coefficient (Wildman–Crippen LogP) is 5.26. The number of halogens is 1. The highest BCUT2D eigenvalue weighted by Gasteiger charge is 2.18. The second-order valence-electron chi connectivity index (χ2n) is 6.18. The van der Waals surface area contributed by atoms with Crippen LogP contribution in [0.15, 0.2) is 88.7 Å². The van der Waals surface area contributed by atoms with Crippen LogP contribution in [0, 0.1) is 0 Å². The van der Waals surface area contributed by atoms with Gasteiger partial charge in [0.25, 0.3) is 10.0 Å². The van der Waals surface area contributed by atoms with Crippen LogP contribution in [0.1, 0.15) is 6.92 Å². The summed E-state index contributed by atoms with van der Waals surface area (Å²) in [5.74, 6) is -0.215. The molecule has 29 heavy (non-hydrogen) atoms. The van der Waals surface area contributed by atoms with E-state index in [1.807, 2.05) is 30.3 Å². The number of rotatable bonds is 7. The monoisotopic (exact) mass is 446 g/mol. The van der Waals surface area contributed by atoms with Crippen LogP contribution < -0.4 is 10.0 Å². The molecule has 3 aromatic rings. The van der Waals surface area contributed by atoms with Gasteiger partial charge in [0.15, 0.2) is 0 Å². The van der Waals surface area contributed by atoms with Crippen molar-refractivity contribution in [2.75, 3.05) is 10.0 Å².